The van der Waals surface area contributed by atoms with Gasteiger partial charge in [-0.3, -0.25) is 0 Å². The van der Waals surface area contributed by atoms with Crippen LogP contribution in [0.3, 0.4) is 0 Å². The summed E-state index contributed by atoms with van der Waals surface area (Å²) in [7, 11) is 0. The third-order valence-corrected chi connectivity index (χ3v) is 5.54. The van der Waals surface area contributed by atoms with E-state index in [1.807, 2.05) is 0 Å². The summed E-state index contributed by atoms with van der Waals surface area (Å²) in [6.45, 7) is 5.74. The summed E-state index contributed by atoms with van der Waals surface area (Å²) in [5.74, 6) is 0. The molecule has 0 aromatic rings. The number of unbranched alkanes of at least 4 members (excludes halogenated alkanes) is 14. The van der Waals surface area contributed by atoms with Gasteiger partial charge in [-0.15, -0.1) is 0 Å². The zero-order valence-corrected chi connectivity index (χ0v) is 18.7. The summed E-state index contributed by atoms with van der Waals surface area (Å²) in [5, 5.41) is 23.3. The van der Waals surface area contributed by atoms with Crippen LogP contribution in [0.25, 0.3) is 0 Å². The van der Waals surface area contributed by atoms with Crippen molar-refractivity contribution in [2.24, 2.45) is 0 Å². The molecule has 0 amide bonds. The molecule has 0 fully saturated rings. The molecule has 2 atom stereocenters. The van der Waals surface area contributed by atoms with Crippen LogP contribution in [-0.2, 0) is 0 Å². The lowest BCUT2D eigenvalue weighted by Crippen LogP contribution is -2.33. The number of nitrogens with one attached hydrogen (secondary N) is 1. The van der Waals surface area contributed by atoms with Crippen LogP contribution in [0, 0.1) is 0 Å². The van der Waals surface area contributed by atoms with E-state index in [1.54, 1.807) is 0 Å². The van der Waals surface area contributed by atoms with E-state index in [1.165, 1.54) is 89.9 Å². The minimum atomic E-state index is -0.264. The van der Waals surface area contributed by atoms with E-state index in [-0.39, 0.29) is 12.2 Å². The average Bonchev–Trinajstić information content (AvgIpc) is 2.66. The van der Waals surface area contributed by atoms with E-state index < -0.39 is 0 Å². The van der Waals surface area contributed by atoms with E-state index in [9.17, 15) is 10.2 Å². The second-order valence-electron chi connectivity index (χ2n) is 8.49. The Bertz CT molecular complexity index is 247. The molecular formula is C24H51NO2. The van der Waals surface area contributed by atoms with Crippen molar-refractivity contribution >= 4 is 0 Å². The first-order valence-electron chi connectivity index (χ1n) is 12.3. The maximum Gasteiger partial charge on any atom is 0.0664 e. The predicted octanol–water partition coefficient (Wildman–Crippen LogP) is 6.36. The molecular weight excluding hydrogens is 334 g/mol. The summed E-state index contributed by atoms with van der Waals surface area (Å²) < 4.78 is 0. The van der Waals surface area contributed by atoms with Gasteiger partial charge >= 0.3 is 0 Å². The van der Waals surface area contributed by atoms with Crippen LogP contribution >= 0.6 is 0 Å². The van der Waals surface area contributed by atoms with Gasteiger partial charge in [-0.1, -0.05) is 117 Å². The normalized spacial score (nSPS) is 13.8. The third-order valence-electron chi connectivity index (χ3n) is 5.54. The Labute approximate surface area is 170 Å². The van der Waals surface area contributed by atoms with E-state index in [2.05, 4.69) is 19.2 Å². The van der Waals surface area contributed by atoms with Crippen molar-refractivity contribution in [3.05, 3.63) is 0 Å². The van der Waals surface area contributed by atoms with Crippen LogP contribution in [-0.4, -0.2) is 35.5 Å². The highest BCUT2D eigenvalue weighted by Crippen LogP contribution is 2.11. The Hall–Kier alpha value is -0.120. The maximum absolute atomic E-state index is 10.0. The van der Waals surface area contributed by atoms with Crippen LogP contribution in [0.15, 0.2) is 0 Å². The smallest absolute Gasteiger partial charge is 0.0664 e. The highest BCUT2D eigenvalue weighted by atomic mass is 16.3. The van der Waals surface area contributed by atoms with Gasteiger partial charge in [0.25, 0.3) is 0 Å². The predicted molar refractivity (Wildman–Crippen MR) is 119 cm³/mol. The monoisotopic (exact) mass is 385 g/mol. The fourth-order valence-electron chi connectivity index (χ4n) is 3.65. The summed E-state index contributed by atoms with van der Waals surface area (Å²) in [5.41, 5.74) is 0. The first-order valence-corrected chi connectivity index (χ1v) is 12.3. The molecule has 3 N–H and O–H groups in total. The lowest BCUT2D eigenvalue weighted by molar-refractivity contribution is 0.132. The molecule has 0 saturated carbocycles. The first kappa shape index (κ1) is 26.9. The summed E-state index contributed by atoms with van der Waals surface area (Å²) >= 11 is 0. The van der Waals surface area contributed by atoms with Gasteiger partial charge in [-0.05, 0) is 12.8 Å². The molecule has 0 radical (unpaired) electrons. The van der Waals surface area contributed by atoms with Gasteiger partial charge in [0.1, 0.15) is 0 Å². The SMILES string of the molecule is CCCCCCCCCC[C@@H](O)CNC[C@H](O)CCCCCCCCCC. The molecule has 0 bridgehead atoms. The van der Waals surface area contributed by atoms with E-state index >= 15 is 0 Å². The Kier molecular flexibility index (Phi) is 22.1. The molecule has 0 aliphatic rings. The van der Waals surface area contributed by atoms with Crippen LogP contribution in [0.5, 0.6) is 0 Å². The average molecular weight is 386 g/mol. The highest BCUT2D eigenvalue weighted by Gasteiger charge is 2.07. The highest BCUT2D eigenvalue weighted by molar-refractivity contribution is 4.64. The maximum atomic E-state index is 10.0. The molecule has 0 aromatic heterocycles. The summed E-state index contributed by atoms with van der Waals surface area (Å²) in [6, 6.07) is 0. The van der Waals surface area contributed by atoms with Gasteiger partial charge < -0.3 is 15.5 Å². The van der Waals surface area contributed by atoms with E-state index in [0.29, 0.717) is 13.1 Å². The van der Waals surface area contributed by atoms with Crippen molar-refractivity contribution in [2.45, 2.75) is 142 Å². The zero-order valence-electron chi connectivity index (χ0n) is 18.7. The minimum absolute atomic E-state index is 0.264. The molecule has 164 valence electrons. The van der Waals surface area contributed by atoms with Crippen molar-refractivity contribution in [3.63, 3.8) is 0 Å². The molecule has 3 heteroatoms. The molecule has 3 nitrogen and oxygen atoms in total. The lowest BCUT2D eigenvalue weighted by Gasteiger charge is -2.15. The molecule has 27 heavy (non-hydrogen) atoms. The quantitative estimate of drug-likeness (QED) is 0.190. The van der Waals surface area contributed by atoms with Crippen LogP contribution in [0.2, 0.25) is 0 Å². The van der Waals surface area contributed by atoms with E-state index in [4.69, 9.17) is 0 Å². The van der Waals surface area contributed by atoms with Gasteiger partial charge in [0, 0.05) is 13.1 Å². The van der Waals surface area contributed by atoms with Crippen molar-refractivity contribution in [1.82, 2.24) is 5.32 Å². The standard InChI is InChI=1S/C24H51NO2/c1-3-5-7-9-11-13-15-17-19-23(26)21-25-22-24(27)20-18-16-14-12-10-8-6-4-2/h23-27H,3-22H2,1-2H3/t23-,24-/m1/s1. The Morgan fingerprint density at radius 3 is 1.11 bits per heavy atom. The van der Waals surface area contributed by atoms with Gasteiger partial charge in [-0.25, -0.2) is 0 Å². The molecule has 0 saturated heterocycles. The third kappa shape index (κ3) is 22.0. The van der Waals surface area contributed by atoms with Crippen molar-refractivity contribution < 1.29 is 10.2 Å². The molecule has 0 spiro atoms. The molecule has 0 heterocycles. The van der Waals surface area contributed by atoms with Gasteiger partial charge in [0.15, 0.2) is 0 Å². The topological polar surface area (TPSA) is 52.5 Å². The Balaban J connectivity index is 3.29. The largest absolute Gasteiger partial charge is 0.392 e. The molecule has 0 aliphatic heterocycles. The number of hydrogen-bond donors (Lipinski definition) is 3. The van der Waals surface area contributed by atoms with Gasteiger partial charge in [0.05, 0.1) is 12.2 Å². The van der Waals surface area contributed by atoms with Crippen LogP contribution in [0.4, 0.5) is 0 Å². The second-order valence-corrected chi connectivity index (χ2v) is 8.49. The van der Waals surface area contributed by atoms with Crippen LogP contribution in [0.1, 0.15) is 129 Å². The lowest BCUT2D eigenvalue weighted by atomic mass is 10.1. The Morgan fingerprint density at radius 2 is 0.778 bits per heavy atom. The number of aliphatic hydroxyl groups excluding tert-OH is 2. The molecule has 0 aliphatic carbocycles. The molecule has 0 unspecified atom stereocenters. The van der Waals surface area contributed by atoms with Crippen molar-refractivity contribution in [2.75, 3.05) is 13.1 Å². The minimum Gasteiger partial charge on any atom is -0.392 e. The summed E-state index contributed by atoms with van der Waals surface area (Å²) in [4.78, 5) is 0. The fraction of sp³-hybridized carbons (Fsp3) is 1.00. The zero-order chi connectivity index (χ0) is 20.0. The van der Waals surface area contributed by atoms with Gasteiger partial charge in [-0.2, -0.15) is 0 Å². The van der Waals surface area contributed by atoms with Crippen molar-refractivity contribution in [1.29, 1.82) is 0 Å². The number of hydrogen-bond acceptors (Lipinski definition) is 3. The number of aliphatic hydroxyl groups is 2. The first-order chi connectivity index (χ1) is 13.2. The second kappa shape index (κ2) is 22.2. The summed E-state index contributed by atoms with van der Waals surface area (Å²) in [6.07, 6.45) is 22.1. The Morgan fingerprint density at radius 1 is 0.481 bits per heavy atom. The molecule has 0 aromatic carbocycles. The van der Waals surface area contributed by atoms with Gasteiger partial charge in [0.2, 0.25) is 0 Å². The fourth-order valence-corrected chi connectivity index (χ4v) is 3.65. The number of rotatable bonds is 22. The van der Waals surface area contributed by atoms with E-state index in [0.717, 1.165) is 25.7 Å². The van der Waals surface area contributed by atoms with Crippen molar-refractivity contribution in [3.8, 4) is 0 Å². The van der Waals surface area contributed by atoms with Crippen LogP contribution < -0.4 is 5.32 Å². The molecule has 0 rings (SSSR count).